The van der Waals surface area contributed by atoms with Crippen molar-refractivity contribution in [3.8, 4) is 0 Å². The number of aromatic nitrogens is 2. The molecule has 1 saturated heterocycles. The van der Waals surface area contributed by atoms with Crippen LogP contribution in [0.5, 0.6) is 0 Å². The van der Waals surface area contributed by atoms with Gasteiger partial charge >= 0.3 is 0 Å². The first-order valence-corrected chi connectivity index (χ1v) is 8.07. The van der Waals surface area contributed by atoms with Crippen molar-refractivity contribution in [1.29, 1.82) is 0 Å². The van der Waals surface area contributed by atoms with Crippen molar-refractivity contribution in [3.05, 3.63) is 22.1 Å². The molecular weight excluding hydrogens is 314 g/mol. The largest absolute Gasteiger partial charge is 0.336 e. The first-order valence-electron chi connectivity index (χ1n) is 7.08. The molecule has 0 N–H and O–H groups in total. The third-order valence-electron chi connectivity index (χ3n) is 3.84. The summed E-state index contributed by atoms with van der Waals surface area (Å²) in [6.45, 7) is 1.78. The first-order chi connectivity index (χ1) is 10.6. The van der Waals surface area contributed by atoms with Crippen LogP contribution in [0.25, 0.3) is 0 Å². The van der Waals surface area contributed by atoms with Gasteiger partial charge < -0.3 is 4.90 Å². The zero-order valence-electron chi connectivity index (χ0n) is 11.9. The number of hydrogen-bond acceptors (Lipinski definition) is 5. The highest BCUT2D eigenvalue weighted by Gasteiger charge is 2.27. The topological polar surface area (TPSA) is 58.4 Å². The molecule has 120 valence electrons. The molecule has 0 unspecified atom stereocenters. The van der Waals surface area contributed by atoms with Gasteiger partial charge in [0, 0.05) is 44.7 Å². The van der Waals surface area contributed by atoms with E-state index in [9.17, 15) is 18.4 Å². The number of halogens is 2. The molecule has 9 heteroatoms. The highest BCUT2D eigenvalue weighted by molar-refractivity contribution is 7.99. The van der Waals surface area contributed by atoms with Crippen LogP contribution in [0.3, 0.4) is 0 Å². The maximum absolute atomic E-state index is 12.4. The van der Waals surface area contributed by atoms with Crippen LogP contribution >= 0.6 is 11.8 Å². The van der Waals surface area contributed by atoms with Crippen LogP contribution < -0.4 is 5.56 Å². The molecule has 3 rings (SSSR count). The fourth-order valence-electron chi connectivity index (χ4n) is 2.66. The molecular formula is C13H16F2N4O2S. The lowest BCUT2D eigenvalue weighted by molar-refractivity contribution is 0.0457. The van der Waals surface area contributed by atoms with E-state index in [1.54, 1.807) is 4.90 Å². The number of fused-ring (bicyclic) bond motifs is 1. The number of thioether (sulfide) groups is 1. The second kappa shape index (κ2) is 6.33. The zero-order chi connectivity index (χ0) is 15.7. The van der Waals surface area contributed by atoms with Crippen LogP contribution in [0.1, 0.15) is 10.4 Å². The summed E-state index contributed by atoms with van der Waals surface area (Å²) in [6, 6.07) is 0. The summed E-state index contributed by atoms with van der Waals surface area (Å²) in [6.07, 6.45) is -1.04. The van der Waals surface area contributed by atoms with E-state index in [0.29, 0.717) is 37.9 Å². The summed E-state index contributed by atoms with van der Waals surface area (Å²) in [5, 5.41) is 0.642. The summed E-state index contributed by atoms with van der Waals surface area (Å²) in [7, 11) is 0. The SMILES string of the molecule is O=C(c1cnc2n(c1=O)CCS2)N1CCN(CC(F)F)CC1. The number of rotatable bonds is 3. The van der Waals surface area contributed by atoms with E-state index >= 15 is 0 Å². The molecule has 6 nitrogen and oxygen atoms in total. The fraction of sp³-hybridized carbons (Fsp3) is 0.615. The monoisotopic (exact) mass is 330 g/mol. The quantitative estimate of drug-likeness (QED) is 0.750. The Labute approximate surface area is 130 Å². The highest BCUT2D eigenvalue weighted by atomic mass is 32.2. The Kier molecular flexibility index (Phi) is 4.44. The normalized spacial score (nSPS) is 18.8. The lowest BCUT2D eigenvalue weighted by Gasteiger charge is -2.34. The van der Waals surface area contributed by atoms with Crippen molar-refractivity contribution in [1.82, 2.24) is 19.4 Å². The standard InChI is InChI=1S/C13H16F2N4O2S/c14-10(15)8-17-1-3-18(4-2-17)11(20)9-7-16-13-19(12(9)21)5-6-22-13/h7,10H,1-6,8H2. The van der Waals surface area contributed by atoms with Crippen LogP contribution in [0.2, 0.25) is 0 Å². The number of alkyl halides is 2. The zero-order valence-corrected chi connectivity index (χ0v) is 12.7. The van der Waals surface area contributed by atoms with Crippen LogP contribution in [-0.4, -0.2) is 70.2 Å². The van der Waals surface area contributed by atoms with Gasteiger partial charge in [-0.05, 0) is 0 Å². The van der Waals surface area contributed by atoms with Gasteiger partial charge in [-0.1, -0.05) is 11.8 Å². The van der Waals surface area contributed by atoms with E-state index < -0.39 is 6.43 Å². The Hall–Kier alpha value is -1.48. The van der Waals surface area contributed by atoms with Crippen molar-refractivity contribution < 1.29 is 13.6 Å². The van der Waals surface area contributed by atoms with Crippen LogP contribution in [0.4, 0.5) is 8.78 Å². The highest BCUT2D eigenvalue weighted by Crippen LogP contribution is 2.20. The number of piperazine rings is 1. The molecule has 0 radical (unpaired) electrons. The summed E-state index contributed by atoms with van der Waals surface area (Å²) in [5.41, 5.74) is -0.247. The Bertz CT molecular complexity index is 629. The number of nitrogens with zero attached hydrogens (tertiary/aromatic N) is 4. The van der Waals surface area contributed by atoms with Gasteiger partial charge in [-0.25, -0.2) is 13.8 Å². The van der Waals surface area contributed by atoms with Gasteiger partial charge in [0.05, 0.1) is 6.54 Å². The van der Waals surface area contributed by atoms with Gasteiger partial charge in [0.15, 0.2) is 5.16 Å². The molecule has 0 bridgehead atoms. The summed E-state index contributed by atoms with van der Waals surface area (Å²) >= 11 is 1.49. The number of carbonyl (C=O) groups excluding carboxylic acids is 1. The van der Waals surface area contributed by atoms with Crippen molar-refractivity contribution in [2.45, 2.75) is 18.1 Å². The smallest absolute Gasteiger partial charge is 0.267 e. The van der Waals surface area contributed by atoms with Gasteiger partial charge in [0.1, 0.15) is 5.56 Å². The van der Waals surface area contributed by atoms with E-state index in [0.717, 1.165) is 5.75 Å². The van der Waals surface area contributed by atoms with E-state index in [4.69, 9.17) is 0 Å². The fourth-order valence-corrected chi connectivity index (χ4v) is 3.58. The van der Waals surface area contributed by atoms with Crippen LogP contribution in [-0.2, 0) is 6.54 Å². The molecule has 0 aliphatic carbocycles. The van der Waals surface area contributed by atoms with E-state index in [1.807, 2.05) is 0 Å². The minimum atomic E-state index is -2.37. The van der Waals surface area contributed by atoms with Gasteiger partial charge in [0.2, 0.25) is 0 Å². The summed E-state index contributed by atoms with van der Waals surface area (Å²) in [5.74, 6) is 0.424. The molecule has 0 saturated carbocycles. The molecule has 1 fully saturated rings. The molecule has 0 atom stereocenters. The summed E-state index contributed by atoms with van der Waals surface area (Å²) in [4.78, 5) is 32.1. The van der Waals surface area contributed by atoms with Crippen molar-refractivity contribution in [2.75, 3.05) is 38.5 Å². The Morgan fingerprint density at radius 2 is 2.00 bits per heavy atom. The maximum Gasteiger partial charge on any atom is 0.267 e. The van der Waals surface area contributed by atoms with Crippen molar-refractivity contribution >= 4 is 17.7 Å². The number of amides is 1. The Balaban J connectivity index is 1.70. The minimum Gasteiger partial charge on any atom is -0.336 e. The van der Waals surface area contributed by atoms with E-state index in [1.165, 1.54) is 27.4 Å². The van der Waals surface area contributed by atoms with Crippen LogP contribution in [0, 0.1) is 0 Å². The predicted molar refractivity (Wildman–Crippen MR) is 77.6 cm³/mol. The first kappa shape index (κ1) is 15.4. The molecule has 1 aromatic rings. The third kappa shape index (κ3) is 3.00. The molecule has 2 aliphatic rings. The third-order valence-corrected chi connectivity index (χ3v) is 4.81. The molecule has 0 aromatic carbocycles. The van der Waals surface area contributed by atoms with Gasteiger partial charge in [-0.3, -0.25) is 19.1 Å². The lowest BCUT2D eigenvalue weighted by Crippen LogP contribution is -2.50. The van der Waals surface area contributed by atoms with Crippen molar-refractivity contribution in [3.63, 3.8) is 0 Å². The van der Waals surface area contributed by atoms with Crippen molar-refractivity contribution in [2.24, 2.45) is 0 Å². The lowest BCUT2D eigenvalue weighted by atomic mass is 10.2. The average molecular weight is 330 g/mol. The van der Waals surface area contributed by atoms with E-state index in [-0.39, 0.29) is 23.6 Å². The van der Waals surface area contributed by atoms with E-state index in [2.05, 4.69) is 4.98 Å². The molecule has 22 heavy (non-hydrogen) atoms. The molecule has 3 heterocycles. The molecule has 2 aliphatic heterocycles. The Morgan fingerprint density at radius 3 is 2.68 bits per heavy atom. The maximum atomic E-state index is 12.4. The summed E-state index contributed by atoms with van der Waals surface area (Å²) < 4.78 is 26.2. The number of carbonyl (C=O) groups is 1. The molecule has 0 spiro atoms. The minimum absolute atomic E-state index is 0.0635. The van der Waals surface area contributed by atoms with Gasteiger partial charge in [-0.15, -0.1) is 0 Å². The van der Waals surface area contributed by atoms with Gasteiger partial charge in [-0.2, -0.15) is 0 Å². The average Bonchev–Trinajstić information content (AvgIpc) is 2.96. The number of hydrogen-bond donors (Lipinski definition) is 0. The van der Waals surface area contributed by atoms with Gasteiger partial charge in [0.25, 0.3) is 17.9 Å². The molecule has 1 amide bonds. The molecule has 1 aromatic heterocycles. The van der Waals surface area contributed by atoms with Crippen LogP contribution in [0.15, 0.2) is 16.1 Å². The Morgan fingerprint density at radius 1 is 1.27 bits per heavy atom. The second-order valence-corrected chi connectivity index (χ2v) is 6.31. The predicted octanol–water partition coefficient (Wildman–Crippen LogP) is 0.372. The second-order valence-electron chi connectivity index (χ2n) is 5.24.